The minimum atomic E-state index is -0.355. The first-order chi connectivity index (χ1) is 9.47. The van der Waals surface area contributed by atoms with Crippen molar-refractivity contribution < 1.29 is 4.92 Å². The SMILES string of the molecule is Cc1ccc(C)c(NCc2cc(Br)ccc2[N+](=O)[O-])c1. The van der Waals surface area contributed by atoms with Gasteiger partial charge >= 0.3 is 0 Å². The van der Waals surface area contributed by atoms with Crippen molar-refractivity contribution in [1.82, 2.24) is 0 Å². The average Bonchev–Trinajstić information content (AvgIpc) is 2.39. The standard InChI is InChI=1S/C15H15BrN2O2/c1-10-3-4-11(2)14(7-10)17-9-12-8-13(16)5-6-15(12)18(19)20/h3-8,17H,9H2,1-2H3. The number of nitro benzene ring substituents is 1. The van der Waals surface area contributed by atoms with Crippen molar-refractivity contribution in [2.45, 2.75) is 20.4 Å². The molecule has 2 aromatic carbocycles. The molecule has 0 heterocycles. The predicted molar refractivity (Wildman–Crippen MR) is 84.0 cm³/mol. The third-order valence-electron chi connectivity index (χ3n) is 3.10. The highest BCUT2D eigenvalue weighted by atomic mass is 79.9. The summed E-state index contributed by atoms with van der Waals surface area (Å²) in [6.45, 7) is 4.45. The molecule has 1 N–H and O–H groups in total. The van der Waals surface area contributed by atoms with Gasteiger partial charge in [0.15, 0.2) is 0 Å². The van der Waals surface area contributed by atoms with Gasteiger partial charge in [-0.15, -0.1) is 0 Å². The molecule has 0 fully saturated rings. The fourth-order valence-corrected chi connectivity index (χ4v) is 2.40. The van der Waals surface area contributed by atoms with Crippen molar-refractivity contribution in [2.24, 2.45) is 0 Å². The van der Waals surface area contributed by atoms with Gasteiger partial charge in [-0.25, -0.2) is 0 Å². The van der Waals surface area contributed by atoms with Crippen LogP contribution in [-0.2, 0) is 6.54 Å². The van der Waals surface area contributed by atoms with Gasteiger partial charge in [-0.2, -0.15) is 0 Å². The van der Waals surface area contributed by atoms with E-state index < -0.39 is 0 Å². The van der Waals surface area contributed by atoms with Gasteiger partial charge in [-0.3, -0.25) is 10.1 Å². The summed E-state index contributed by atoms with van der Waals surface area (Å²) in [6, 6.07) is 11.1. The molecule has 0 atom stereocenters. The Labute approximate surface area is 126 Å². The average molecular weight is 335 g/mol. The van der Waals surface area contributed by atoms with Crippen molar-refractivity contribution >= 4 is 27.3 Å². The number of anilines is 1. The number of hydrogen-bond acceptors (Lipinski definition) is 3. The summed E-state index contributed by atoms with van der Waals surface area (Å²) in [5, 5.41) is 14.3. The molecule has 0 unspecified atom stereocenters. The van der Waals surface area contributed by atoms with Crippen LogP contribution in [0.1, 0.15) is 16.7 Å². The van der Waals surface area contributed by atoms with E-state index in [0.29, 0.717) is 12.1 Å². The normalized spacial score (nSPS) is 10.3. The molecule has 0 amide bonds. The minimum Gasteiger partial charge on any atom is -0.380 e. The van der Waals surface area contributed by atoms with Gasteiger partial charge in [0.2, 0.25) is 0 Å². The summed E-state index contributed by atoms with van der Waals surface area (Å²) < 4.78 is 0.834. The smallest absolute Gasteiger partial charge is 0.274 e. The zero-order chi connectivity index (χ0) is 14.7. The lowest BCUT2D eigenvalue weighted by atomic mass is 10.1. The van der Waals surface area contributed by atoms with E-state index in [0.717, 1.165) is 21.3 Å². The first kappa shape index (κ1) is 14.5. The van der Waals surface area contributed by atoms with Crippen LogP contribution in [-0.4, -0.2) is 4.92 Å². The zero-order valence-corrected chi connectivity index (χ0v) is 12.9. The molecule has 104 valence electrons. The van der Waals surface area contributed by atoms with Crippen molar-refractivity contribution in [3.63, 3.8) is 0 Å². The quantitative estimate of drug-likeness (QED) is 0.657. The van der Waals surface area contributed by atoms with Gasteiger partial charge < -0.3 is 5.32 Å². The number of rotatable bonds is 4. The second kappa shape index (κ2) is 6.05. The van der Waals surface area contributed by atoms with Gasteiger partial charge in [-0.1, -0.05) is 28.1 Å². The second-order valence-corrected chi connectivity index (χ2v) is 5.62. The van der Waals surface area contributed by atoms with E-state index in [1.807, 2.05) is 32.0 Å². The minimum absolute atomic E-state index is 0.131. The maximum absolute atomic E-state index is 11.0. The van der Waals surface area contributed by atoms with E-state index in [1.165, 1.54) is 6.07 Å². The summed E-state index contributed by atoms with van der Waals surface area (Å²) in [5.74, 6) is 0. The monoisotopic (exact) mass is 334 g/mol. The number of hydrogen-bond donors (Lipinski definition) is 1. The van der Waals surface area contributed by atoms with Crippen LogP contribution in [0.15, 0.2) is 40.9 Å². The molecule has 5 heteroatoms. The molecule has 0 aliphatic heterocycles. The Morgan fingerprint density at radius 1 is 1.20 bits per heavy atom. The Hall–Kier alpha value is -1.88. The molecule has 4 nitrogen and oxygen atoms in total. The maximum atomic E-state index is 11.0. The fraction of sp³-hybridized carbons (Fsp3) is 0.200. The van der Waals surface area contributed by atoms with E-state index in [-0.39, 0.29) is 10.6 Å². The third-order valence-corrected chi connectivity index (χ3v) is 3.59. The molecule has 0 saturated carbocycles. The van der Waals surface area contributed by atoms with Crippen LogP contribution in [0.3, 0.4) is 0 Å². The number of nitrogens with one attached hydrogen (secondary N) is 1. The Morgan fingerprint density at radius 3 is 2.65 bits per heavy atom. The van der Waals surface area contributed by atoms with Crippen LogP contribution in [0, 0.1) is 24.0 Å². The van der Waals surface area contributed by atoms with E-state index in [9.17, 15) is 10.1 Å². The Kier molecular flexibility index (Phi) is 4.39. The largest absolute Gasteiger partial charge is 0.380 e. The Morgan fingerprint density at radius 2 is 1.95 bits per heavy atom. The number of nitro groups is 1. The lowest BCUT2D eigenvalue weighted by Crippen LogP contribution is -2.04. The fourth-order valence-electron chi connectivity index (χ4n) is 1.99. The summed E-state index contributed by atoms with van der Waals surface area (Å²) >= 11 is 3.35. The molecular formula is C15H15BrN2O2. The van der Waals surface area contributed by atoms with Crippen LogP contribution in [0.25, 0.3) is 0 Å². The molecule has 0 spiro atoms. The molecule has 0 aromatic heterocycles. The van der Waals surface area contributed by atoms with Crippen molar-refractivity contribution in [2.75, 3.05) is 5.32 Å². The van der Waals surface area contributed by atoms with E-state index in [2.05, 4.69) is 21.2 Å². The van der Waals surface area contributed by atoms with Gasteiger partial charge in [0.05, 0.1) is 4.92 Å². The highest BCUT2D eigenvalue weighted by Crippen LogP contribution is 2.25. The lowest BCUT2D eigenvalue weighted by Gasteiger charge is -2.11. The van der Waals surface area contributed by atoms with Crippen LogP contribution < -0.4 is 5.32 Å². The summed E-state index contributed by atoms with van der Waals surface area (Å²) in [7, 11) is 0. The number of nitrogens with zero attached hydrogens (tertiary/aromatic N) is 1. The van der Waals surface area contributed by atoms with Gasteiger partial charge in [-0.05, 0) is 43.2 Å². The molecule has 0 aliphatic carbocycles. The number of halogens is 1. The third kappa shape index (κ3) is 3.36. The molecular weight excluding hydrogens is 320 g/mol. The van der Waals surface area contributed by atoms with Crippen molar-refractivity contribution in [1.29, 1.82) is 0 Å². The summed E-state index contributed by atoms with van der Waals surface area (Å²) in [5.41, 5.74) is 4.06. The predicted octanol–water partition coefficient (Wildman–Crippen LogP) is 4.59. The lowest BCUT2D eigenvalue weighted by molar-refractivity contribution is -0.385. The van der Waals surface area contributed by atoms with Crippen molar-refractivity contribution in [3.8, 4) is 0 Å². The van der Waals surface area contributed by atoms with Gasteiger partial charge in [0, 0.05) is 28.3 Å². The molecule has 0 aliphatic rings. The molecule has 0 saturated heterocycles. The highest BCUT2D eigenvalue weighted by Gasteiger charge is 2.13. The topological polar surface area (TPSA) is 55.2 Å². The zero-order valence-electron chi connectivity index (χ0n) is 11.3. The second-order valence-electron chi connectivity index (χ2n) is 4.70. The van der Waals surface area contributed by atoms with Crippen LogP contribution in [0.5, 0.6) is 0 Å². The Bertz CT molecular complexity index is 656. The first-order valence-corrected chi connectivity index (χ1v) is 7.00. The molecule has 0 bridgehead atoms. The highest BCUT2D eigenvalue weighted by molar-refractivity contribution is 9.10. The number of aryl methyl sites for hydroxylation is 2. The number of benzene rings is 2. The molecule has 0 radical (unpaired) electrons. The van der Waals surface area contributed by atoms with Crippen molar-refractivity contribution in [3.05, 3.63) is 67.7 Å². The summed E-state index contributed by atoms with van der Waals surface area (Å²) in [4.78, 5) is 10.7. The van der Waals surface area contributed by atoms with Crippen LogP contribution >= 0.6 is 15.9 Å². The first-order valence-electron chi connectivity index (χ1n) is 6.21. The van der Waals surface area contributed by atoms with Gasteiger partial charge in [0.1, 0.15) is 0 Å². The van der Waals surface area contributed by atoms with E-state index >= 15 is 0 Å². The molecule has 2 aromatic rings. The molecule has 2 rings (SSSR count). The van der Waals surface area contributed by atoms with E-state index in [4.69, 9.17) is 0 Å². The van der Waals surface area contributed by atoms with Gasteiger partial charge in [0.25, 0.3) is 5.69 Å². The Balaban J connectivity index is 2.24. The summed E-state index contributed by atoms with van der Waals surface area (Å²) in [6.07, 6.45) is 0. The maximum Gasteiger partial charge on any atom is 0.274 e. The van der Waals surface area contributed by atoms with Crippen LogP contribution in [0.4, 0.5) is 11.4 Å². The van der Waals surface area contributed by atoms with E-state index in [1.54, 1.807) is 12.1 Å². The molecule has 20 heavy (non-hydrogen) atoms. The van der Waals surface area contributed by atoms with Crippen LogP contribution in [0.2, 0.25) is 0 Å².